The van der Waals surface area contributed by atoms with Gasteiger partial charge in [-0.1, -0.05) is 19.1 Å². The highest BCUT2D eigenvalue weighted by Gasteiger charge is 2.28. The standard InChI is InChI=1S/C18H22O3/c1-12-3-8-17(19)18(9-12)21-16-7-5-13-4-6-15(20-2)10-14(13)11-16/h4-7,10-12,17-19H,3,8-9H2,1-2H3/t12-,17+,18+/m0/s1. The van der Waals surface area contributed by atoms with Crippen LogP contribution in [0.3, 0.4) is 0 Å². The maximum atomic E-state index is 10.1. The molecule has 3 nitrogen and oxygen atoms in total. The van der Waals surface area contributed by atoms with Crippen LogP contribution in [0.25, 0.3) is 10.8 Å². The van der Waals surface area contributed by atoms with Crippen molar-refractivity contribution in [3.05, 3.63) is 36.4 Å². The van der Waals surface area contributed by atoms with E-state index < -0.39 is 0 Å². The van der Waals surface area contributed by atoms with Crippen LogP contribution in [0.15, 0.2) is 36.4 Å². The maximum absolute atomic E-state index is 10.1. The SMILES string of the molecule is COc1ccc2ccc(O[C@@H]3C[C@@H](C)CC[C@H]3O)cc2c1. The van der Waals surface area contributed by atoms with Gasteiger partial charge in [-0.25, -0.2) is 0 Å². The molecule has 0 heterocycles. The molecule has 1 saturated carbocycles. The summed E-state index contributed by atoms with van der Waals surface area (Å²) in [6.45, 7) is 2.22. The Kier molecular flexibility index (Phi) is 4.02. The van der Waals surface area contributed by atoms with Crippen LogP contribution in [-0.4, -0.2) is 24.4 Å². The van der Waals surface area contributed by atoms with E-state index in [2.05, 4.69) is 6.92 Å². The lowest BCUT2D eigenvalue weighted by Crippen LogP contribution is -2.37. The molecule has 0 unspecified atom stereocenters. The van der Waals surface area contributed by atoms with Crippen LogP contribution >= 0.6 is 0 Å². The molecule has 3 rings (SSSR count). The molecule has 1 aliphatic carbocycles. The van der Waals surface area contributed by atoms with E-state index in [-0.39, 0.29) is 12.2 Å². The zero-order chi connectivity index (χ0) is 14.8. The van der Waals surface area contributed by atoms with E-state index in [4.69, 9.17) is 9.47 Å². The normalized spacial score (nSPS) is 25.8. The fourth-order valence-electron chi connectivity index (χ4n) is 3.02. The van der Waals surface area contributed by atoms with Gasteiger partial charge in [-0.05, 0) is 60.2 Å². The molecule has 1 N–H and O–H groups in total. The van der Waals surface area contributed by atoms with Gasteiger partial charge in [0, 0.05) is 0 Å². The summed E-state index contributed by atoms with van der Waals surface area (Å²) >= 11 is 0. The molecule has 0 bridgehead atoms. The quantitative estimate of drug-likeness (QED) is 0.933. The second-order valence-electron chi connectivity index (χ2n) is 6.02. The first-order valence-corrected chi connectivity index (χ1v) is 7.58. The van der Waals surface area contributed by atoms with Gasteiger partial charge in [-0.15, -0.1) is 0 Å². The second-order valence-corrected chi connectivity index (χ2v) is 6.02. The average molecular weight is 286 g/mol. The molecule has 3 heteroatoms. The molecule has 0 radical (unpaired) electrons. The fourth-order valence-corrected chi connectivity index (χ4v) is 3.02. The van der Waals surface area contributed by atoms with Crippen LogP contribution in [0.1, 0.15) is 26.2 Å². The Morgan fingerprint density at radius 3 is 2.48 bits per heavy atom. The Morgan fingerprint density at radius 2 is 1.71 bits per heavy atom. The molecule has 0 spiro atoms. The summed E-state index contributed by atoms with van der Waals surface area (Å²) in [6, 6.07) is 12.0. The number of rotatable bonds is 3. The lowest BCUT2D eigenvalue weighted by molar-refractivity contribution is -0.00751. The van der Waals surface area contributed by atoms with Gasteiger partial charge in [0.25, 0.3) is 0 Å². The van der Waals surface area contributed by atoms with E-state index >= 15 is 0 Å². The van der Waals surface area contributed by atoms with E-state index in [1.165, 1.54) is 0 Å². The van der Waals surface area contributed by atoms with Crippen molar-refractivity contribution in [1.82, 2.24) is 0 Å². The number of methoxy groups -OCH3 is 1. The average Bonchev–Trinajstić information content (AvgIpc) is 2.50. The summed E-state index contributed by atoms with van der Waals surface area (Å²) in [6.07, 6.45) is 2.36. The molecule has 0 saturated heterocycles. The Balaban J connectivity index is 1.83. The van der Waals surface area contributed by atoms with Crippen LogP contribution in [0.5, 0.6) is 11.5 Å². The summed E-state index contributed by atoms with van der Waals surface area (Å²) in [4.78, 5) is 0. The second kappa shape index (κ2) is 5.94. The lowest BCUT2D eigenvalue weighted by Gasteiger charge is -2.31. The number of ether oxygens (including phenoxy) is 2. The van der Waals surface area contributed by atoms with Crippen molar-refractivity contribution in [2.75, 3.05) is 7.11 Å². The van der Waals surface area contributed by atoms with Gasteiger partial charge in [0.1, 0.15) is 17.6 Å². The molecule has 0 amide bonds. The first-order chi connectivity index (χ1) is 10.2. The van der Waals surface area contributed by atoms with Gasteiger partial charge >= 0.3 is 0 Å². The van der Waals surface area contributed by atoms with Crippen molar-refractivity contribution < 1.29 is 14.6 Å². The highest BCUT2D eigenvalue weighted by atomic mass is 16.5. The maximum Gasteiger partial charge on any atom is 0.125 e. The Morgan fingerprint density at radius 1 is 1.00 bits per heavy atom. The van der Waals surface area contributed by atoms with Gasteiger partial charge in [0.05, 0.1) is 13.2 Å². The minimum absolute atomic E-state index is 0.100. The van der Waals surface area contributed by atoms with Crippen molar-refractivity contribution >= 4 is 10.8 Å². The molecule has 21 heavy (non-hydrogen) atoms. The minimum atomic E-state index is -0.359. The van der Waals surface area contributed by atoms with Crippen molar-refractivity contribution in [2.24, 2.45) is 5.92 Å². The topological polar surface area (TPSA) is 38.7 Å². The van der Waals surface area contributed by atoms with Crippen LogP contribution in [-0.2, 0) is 0 Å². The number of benzene rings is 2. The highest BCUT2D eigenvalue weighted by Crippen LogP contribution is 2.30. The summed E-state index contributed by atoms with van der Waals surface area (Å²) in [7, 11) is 1.67. The Labute approximate surface area is 125 Å². The number of aliphatic hydroxyl groups excluding tert-OH is 1. The number of aliphatic hydroxyl groups is 1. The predicted octanol–water partition coefficient (Wildman–Crippen LogP) is 3.78. The van der Waals surface area contributed by atoms with Gasteiger partial charge in [-0.2, -0.15) is 0 Å². The zero-order valence-electron chi connectivity index (χ0n) is 12.6. The minimum Gasteiger partial charge on any atom is -0.497 e. The number of fused-ring (bicyclic) bond motifs is 1. The molecule has 3 atom stereocenters. The van der Waals surface area contributed by atoms with Crippen molar-refractivity contribution in [3.8, 4) is 11.5 Å². The molecule has 1 fully saturated rings. The molecule has 2 aromatic rings. The Hall–Kier alpha value is -1.74. The molecule has 112 valence electrons. The zero-order valence-corrected chi connectivity index (χ0v) is 12.6. The molecule has 0 aliphatic heterocycles. The third-order valence-corrected chi connectivity index (χ3v) is 4.33. The van der Waals surface area contributed by atoms with E-state index in [9.17, 15) is 5.11 Å². The van der Waals surface area contributed by atoms with E-state index in [1.807, 2.05) is 36.4 Å². The smallest absolute Gasteiger partial charge is 0.125 e. The van der Waals surface area contributed by atoms with Crippen LogP contribution in [0.2, 0.25) is 0 Å². The monoisotopic (exact) mass is 286 g/mol. The number of hydrogen-bond donors (Lipinski definition) is 1. The molecule has 0 aromatic heterocycles. The first-order valence-electron chi connectivity index (χ1n) is 7.58. The number of hydrogen-bond acceptors (Lipinski definition) is 3. The summed E-state index contributed by atoms with van der Waals surface area (Å²) in [5.41, 5.74) is 0. The van der Waals surface area contributed by atoms with Crippen molar-refractivity contribution in [1.29, 1.82) is 0 Å². The van der Waals surface area contributed by atoms with Gasteiger partial charge in [0.15, 0.2) is 0 Å². The van der Waals surface area contributed by atoms with Crippen molar-refractivity contribution in [2.45, 2.75) is 38.4 Å². The fraction of sp³-hybridized carbons (Fsp3) is 0.444. The highest BCUT2D eigenvalue weighted by molar-refractivity contribution is 5.85. The Bertz CT molecular complexity index is 623. The molecule has 2 aromatic carbocycles. The van der Waals surface area contributed by atoms with Crippen LogP contribution in [0.4, 0.5) is 0 Å². The van der Waals surface area contributed by atoms with Gasteiger partial charge in [-0.3, -0.25) is 0 Å². The summed E-state index contributed by atoms with van der Waals surface area (Å²) < 4.78 is 11.3. The molecule has 1 aliphatic rings. The lowest BCUT2D eigenvalue weighted by atomic mass is 9.86. The third kappa shape index (κ3) is 3.13. The van der Waals surface area contributed by atoms with Crippen molar-refractivity contribution in [3.63, 3.8) is 0 Å². The summed E-state index contributed by atoms with van der Waals surface area (Å²) in [5.74, 6) is 2.26. The van der Waals surface area contributed by atoms with E-state index in [0.717, 1.165) is 41.5 Å². The molecular weight excluding hydrogens is 264 g/mol. The van der Waals surface area contributed by atoms with Gasteiger partial charge in [0.2, 0.25) is 0 Å². The first kappa shape index (κ1) is 14.2. The third-order valence-electron chi connectivity index (χ3n) is 4.33. The van der Waals surface area contributed by atoms with Gasteiger partial charge < -0.3 is 14.6 Å². The predicted molar refractivity (Wildman–Crippen MR) is 83.9 cm³/mol. The molecular formula is C18H22O3. The van der Waals surface area contributed by atoms with Crippen LogP contribution in [0, 0.1) is 5.92 Å². The largest absolute Gasteiger partial charge is 0.497 e. The summed E-state index contributed by atoms with van der Waals surface area (Å²) in [5, 5.41) is 12.3. The van der Waals surface area contributed by atoms with E-state index in [0.29, 0.717) is 5.92 Å². The van der Waals surface area contributed by atoms with Crippen LogP contribution < -0.4 is 9.47 Å². The van der Waals surface area contributed by atoms with E-state index in [1.54, 1.807) is 7.11 Å².